The molecule has 0 bridgehead atoms. The molecule has 0 aromatic carbocycles. The van der Waals surface area contributed by atoms with Crippen molar-refractivity contribution in [3.63, 3.8) is 0 Å². The van der Waals surface area contributed by atoms with Gasteiger partial charge in [0.1, 0.15) is 0 Å². The maximum Gasteiger partial charge on any atom is 0.372 e. The molecule has 0 fully saturated rings. The van der Waals surface area contributed by atoms with Gasteiger partial charge >= 0.3 is 11.7 Å². The largest absolute Gasteiger partial charge is 0.463 e. The molecule has 0 unspecified atom stereocenters. The molecule has 6 nitrogen and oxygen atoms in total. The van der Waals surface area contributed by atoms with Gasteiger partial charge in [0.15, 0.2) is 0 Å². The van der Waals surface area contributed by atoms with Crippen LogP contribution in [-0.2, 0) is 6.42 Å². The minimum absolute atomic E-state index is 0.284. The van der Waals surface area contributed by atoms with Gasteiger partial charge in [0, 0.05) is 16.6 Å². The van der Waals surface area contributed by atoms with Crippen molar-refractivity contribution in [2.75, 3.05) is 7.11 Å². The molecule has 1 aromatic rings. The summed E-state index contributed by atoms with van der Waals surface area (Å²) in [5, 5.41) is 19.2. The molecule has 0 saturated heterocycles. The van der Waals surface area contributed by atoms with Crippen molar-refractivity contribution in [3.05, 3.63) is 27.3 Å². The minimum Gasteiger partial charge on any atom is -0.463 e. The van der Waals surface area contributed by atoms with Crippen molar-refractivity contribution in [1.29, 1.82) is 5.26 Å². The first-order chi connectivity index (χ1) is 8.01. The number of ether oxygens (including phenoxy) is 1. The Balaban J connectivity index is 3.50. The smallest absolute Gasteiger partial charge is 0.372 e. The molecule has 0 amide bonds. The summed E-state index contributed by atoms with van der Waals surface area (Å²) in [5.41, 5.74) is -0.988. The van der Waals surface area contributed by atoms with Crippen LogP contribution in [0.25, 0.3) is 0 Å². The summed E-state index contributed by atoms with van der Waals surface area (Å²) in [6.45, 7) is 0. The van der Waals surface area contributed by atoms with Crippen LogP contribution in [0.5, 0.6) is 5.88 Å². The highest BCUT2D eigenvalue weighted by Crippen LogP contribution is 2.31. The molecule has 8 heteroatoms. The fourth-order valence-electron chi connectivity index (χ4n) is 1.26. The Hall–Kier alpha value is -2.30. The van der Waals surface area contributed by atoms with E-state index in [-0.39, 0.29) is 11.4 Å². The molecule has 0 aliphatic carbocycles. The van der Waals surface area contributed by atoms with E-state index in [1.54, 1.807) is 6.07 Å². The van der Waals surface area contributed by atoms with E-state index >= 15 is 0 Å². The molecular weight excluding hydrogens is 236 g/mol. The standard InChI is InChI=1S/C9H7F2N3O3/c1-17-7-4-6(8(10)11)5(2-3-12)9(13-7)14(15)16/h4,8H,2H2,1H3. The second-order valence-corrected chi connectivity index (χ2v) is 2.95. The molecule has 17 heavy (non-hydrogen) atoms. The second kappa shape index (κ2) is 5.16. The van der Waals surface area contributed by atoms with Gasteiger partial charge in [0.2, 0.25) is 0 Å². The van der Waals surface area contributed by atoms with Gasteiger partial charge in [-0.2, -0.15) is 5.26 Å². The molecule has 1 aromatic heterocycles. The van der Waals surface area contributed by atoms with Gasteiger partial charge in [-0.3, -0.25) is 0 Å². The second-order valence-electron chi connectivity index (χ2n) is 2.95. The number of nitriles is 1. The van der Waals surface area contributed by atoms with E-state index < -0.39 is 29.2 Å². The van der Waals surface area contributed by atoms with Crippen LogP contribution in [0.1, 0.15) is 17.6 Å². The quantitative estimate of drug-likeness (QED) is 0.596. The van der Waals surface area contributed by atoms with Crippen LogP contribution in [0.4, 0.5) is 14.6 Å². The molecule has 0 atom stereocenters. The highest BCUT2D eigenvalue weighted by molar-refractivity contribution is 5.45. The highest BCUT2D eigenvalue weighted by atomic mass is 19.3. The number of nitrogens with zero attached hydrogens (tertiary/aromatic N) is 3. The number of rotatable bonds is 4. The number of pyridine rings is 1. The normalized spacial score (nSPS) is 10.1. The first-order valence-electron chi connectivity index (χ1n) is 4.38. The fourth-order valence-corrected chi connectivity index (χ4v) is 1.26. The van der Waals surface area contributed by atoms with Gasteiger partial charge in [-0.15, -0.1) is 0 Å². The fraction of sp³-hybridized carbons (Fsp3) is 0.333. The Kier molecular flexibility index (Phi) is 3.87. The van der Waals surface area contributed by atoms with Crippen LogP contribution in [0.3, 0.4) is 0 Å². The van der Waals surface area contributed by atoms with E-state index in [1.807, 2.05) is 0 Å². The number of methoxy groups -OCH3 is 1. The van der Waals surface area contributed by atoms with Crippen LogP contribution in [0.2, 0.25) is 0 Å². The molecule has 0 N–H and O–H groups in total. The lowest BCUT2D eigenvalue weighted by molar-refractivity contribution is -0.390. The molecule has 90 valence electrons. The van der Waals surface area contributed by atoms with Gasteiger partial charge in [-0.25, -0.2) is 8.78 Å². The van der Waals surface area contributed by atoms with E-state index in [9.17, 15) is 18.9 Å². The van der Waals surface area contributed by atoms with Gasteiger partial charge in [-0.05, 0) is 4.92 Å². The summed E-state index contributed by atoms with van der Waals surface area (Å²) in [4.78, 5) is 13.2. The Morgan fingerprint density at radius 2 is 2.35 bits per heavy atom. The van der Waals surface area contributed by atoms with Gasteiger partial charge in [-0.1, -0.05) is 0 Å². The molecule has 0 saturated carbocycles. The summed E-state index contributed by atoms with van der Waals surface area (Å²) in [6, 6.07) is 2.49. The SMILES string of the molecule is COc1cc(C(F)F)c(CC#N)c([N+](=O)[O-])n1. The van der Waals surface area contributed by atoms with Crippen LogP contribution in [0.15, 0.2) is 6.07 Å². The number of halogens is 2. The molecular formula is C9H7F2N3O3. The Morgan fingerprint density at radius 3 is 2.76 bits per heavy atom. The highest BCUT2D eigenvalue weighted by Gasteiger charge is 2.27. The van der Waals surface area contributed by atoms with E-state index in [0.717, 1.165) is 13.2 Å². The summed E-state index contributed by atoms with van der Waals surface area (Å²) in [7, 11) is 1.16. The van der Waals surface area contributed by atoms with E-state index in [0.29, 0.717) is 0 Å². The summed E-state index contributed by atoms with van der Waals surface area (Å²) in [6.07, 6.45) is -3.44. The first kappa shape index (κ1) is 12.8. The number of alkyl halides is 2. The van der Waals surface area contributed by atoms with Crippen LogP contribution < -0.4 is 4.74 Å². The molecule has 0 spiro atoms. The predicted molar refractivity (Wildman–Crippen MR) is 51.7 cm³/mol. The van der Waals surface area contributed by atoms with Crippen molar-refractivity contribution >= 4 is 5.82 Å². The Labute approximate surface area is 94.6 Å². The van der Waals surface area contributed by atoms with Crippen LogP contribution in [-0.4, -0.2) is 17.0 Å². The molecule has 1 heterocycles. The Bertz CT molecular complexity index is 485. The molecule has 0 aliphatic heterocycles. The van der Waals surface area contributed by atoms with Crippen LogP contribution in [0, 0.1) is 21.4 Å². The zero-order chi connectivity index (χ0) is 13.0. The lowest BCUT2D eigenvalue weighted by atomic mass is 10.1. The number of aromatic nitrogens is 1. The zero-order valence-corrected chi connectivity index (χ0v) is 8.68. The zero-order valence-electron chi connectivity index (χ0n) is 8.68. The maximum absolute atomic E-state index is 12.7. The summed E-state index contributed by atoms with van der Waals surface area (Å²) < 4.78 is 30.0. The monoisotopic (exact) mass is 243 g/mol. The third kappa shape index (κ3) is 2.63. The number of hydrogen-bond acceptors (Lipinski definition) is 5. The van der Waals surface area contributed by atoms with E-state index in [4.69, 9.17) is 5.26 Å². The van der Waals surface area contributed by atoms with E-state index in [1.165, 1.54) is 0 Å². The van der Waals surface area contributed by atoms with Gasteiger partial charge < -0.3 is 14.9 Å². The molecule has 0 aliphatic rings. The average molecular weight is 243 g/mol. The average Bonchev–Trinajstić information content (AvgIpc) is 2.28. The predicted octanol–water partition coefficient (Wildman–Crippen LogP) is 2.00. The van der Waals surface area contributed by atoms with Gasteiger partial charge in [0.05, 0.1) is 25.2 Å². The topological polar surface area (TPSA) is 89.0 Å². The first-order valence-corrected chi connectivity index (χ1v) is 4.38. The van der Waals surface area contributed by atoms with Crippen molar-refractivity contribution in [1.82, 2.24) is 4.98 Å². The molecule has 1 rings (SSSR count). The lowest BCUT2D eigenvalue weighted by Crippen LogP contribution is -2.05. The third-order valence-corrected chi connectivity index (χ3v) is 1.99. The molecule has 0 radical (unpaired) electrons. The number of nitro groups is 1. The van der Waals surface area contributed by atoms with Gasteiger partial charge in [0.25, 0.3) is 6.43 Å². The summed E-state index contributed by atoms with van der Waals surface area (Å²) >= 11 is 0. The third-order valence-electron chi connectivity index (χ3n) is 1.99. The van der Waals surface area contributed by atoms with Crippen molar-refractivity contribution < 1.29 is 18.4 Å². The van der Waals surface area contributed by atoms with Crippen LogP contribution >= 0.6 is 0 Å². The minimum atomic E-state index is -2.94. The van der Waals surface area contributed by atoms with E-state index in [2.05, 4.69) is 9.72 Å². The Morgan fingerprint density at radius 1 is 1.71 bits per heavy atom. The summed E-state index contributed by atoms with van der Waals surface area (Å²) in [5.74, 6) is -1.06. The van der Waals surface area contributed by atoms with Crippen molar-refractivity contribution in [2.24, 2.45) is 0 Å². The number of hydrogen-bond donors (Lipinski definition) is 0. The lowest BCUT2D eigenvalue weighted by Gasteiger charge is -2.06. The maximum atomic E-state index is 12.7. The van der Waals surface area contributed by atoms with Crippen molar-refractivity contribution in [3.8, 4) is 11.9 Å². The van der Waals surface area contributed by atoms with Crippen molar-refractivity contribution in [2.45, 2.75) is 12.8 Å².